The van der Waals surface area contributed by atoms with Gasteiger partial charge in [-0.1, -0.05) is 31.2 Å². The van der Waals surface area contributed by atoms with Gasteiger partial charge in [-0.05, 0) is 56.0 Å². The zero-order valence-corrected chi connectivity index (χ0v) is 21.3. The molecule has 190 valence electrons. The van der Waals surface area contributed by atoms with Crippen LogP contribution in [0.1, 0.15) is 43.1 Å². The summed E-state index contributed by atoms with van der Waals surface area (Å²) in [6.07, 6.45) is 2.80. The zero-order chi connectivity index (χ0) is 25.9. The van der Waals surface area contributed by atoms with Crippen LogP contribution < -0.4 is 14.4 Å². The Kier molecular flexibility index (Phi) is 7.26. The van der Waals surface area contributed by atoms with Gasteiger partial charge in [0.2, 0.25) is 5.88 Å². The van der Waals surface area contributed by atoms with E-state index in [-0.39, 0.29) is 40.9 Å². The van der Waals surface area contributed by atoms with Crippen LogP contribution in [-0.4, -0.2) is 43.0 Å². The van der Waals surface area contributed by atoms with Crippen LogP contribution in [0.4, 0.5) is 10.2 Å². The van der Waals surface area contributed by atoms with Crippen molar-refractivity contribution in [2.24, 2.45) is 5.92 Å². The molecule has 0 radical (unpaired) electrons. The van der Waals surface area contributed by atoms with Crippen molar-refractivity contribution in [1.29, 1.82) is 0 Å². The van der Waals surface area contributed by atoms with Crippen molar-refractivity contribution < 1.29 is 22.3 Å². The number of pyridine rings is 2. The van der Waals surface area contributed by atoms with Gasteiger partial charge in [0.15, 0.2) is 5.03 Å². The third kappa shape index (κ3) is 5.64. The van der Waals surface area contributed by atoms with E-state index >= 15 is 0 Å². The Morgan fingerprint density at radius 3 is 2.67 bits per heavy atom. The summed E-state index contributed by atoms with van der Waals surface area (Å²) in [6, 6.07) is 13.7. The van der Waals surface area contributed by atoms with Crippen LogP contribution in [0.15, 0.2) is 65.8 Å². The lowest BCUT2D eigenvalue weighted by molar-refractivity contribution is 0.0981. The van der Waals surface area contributed by atoms with E-state index in [1.807, 2.05) is 4.90 Å². The fraction of sp³-hybridized carbons (Fsp3) is 0.346. The molecular weight excluding hydrogens is 483 g/mol. The fourth-order valence-corrected chi connectivity index (χ4v) is 5.50. The van der Waals surface area contributed by atoms with Gasteiger partial charge in [0.05, 0.1) is 12.2 Å². The molecule has 8 nitrogen and oxygen atoms in total. The lowest BCUT2D eigenvalue weighted by Gasteiger charge is -2.33. The summed E-state index contributed by atoms with van der Waals surface area (Å²) in [4.78, 5) is 23.6. The lowest BCUT2D eigenvalue weighted by Crippen LogP contribution is -2.41. The second-order valence-electron chi connectivity index (χ2n) is 9.55. The van der Waals surface area contributed by atoms with E-state index in [4.69, 9.17) is 4.74 Å². The molecule has 1 aliphatic rings. The van der Waals surface area contributed by atoms with Gasteiger partial charge in [-0.15, -0.1) is 0 Å². The van der Waals surface area contributed by atoms with Crippen LogP contribution in [0, 0.1) is 11.7 Å². The highest BCUT2D eigenvalue weighted by atomic mass is 32.2. The smallest absolute Gasteiger partial charge is 0.281 e. The normalized spacial score (nSPS) is 17.1. The third-order valence-corrected chi connectivity index (χ3v) is 7.37. The number of hydrogen-bond donors (Lipinski definition) is 1. The summed E-state index contributed by atoms with van der Waals surface area (Å²) in [6.45, 7) is 7.10. The van der Waals surface area contributed by atoms with E-state index in [1.54, 1.807) is 36.5 Å². The van der Waals surface area contributed by atoms with Crippen molar-refractivity contribution >= 4 is 21.7 Å². The molecule has 3 aromatic rings. The predicted octanol–water partition coefficient (Wildman–Crippen LogP) is 3.98. The Hall–Kier alpha value is -3.53. The number of ether oxygens (including phenoxy) is 1. The fourth-order valence-electron chi connectivity index (χ4n) is 4.57. The van der Waals surface area contributed by atoms with Gasteiger partial charge < -0.3 is 9.64 Å². The first kappa shape index (κ1) is 25.6. The summed E-state index contributed by atoms with van der Waals surface area (Å²) < 4.78 is 47.4. The molecule has 10 heteroatoms. The number of anilines is 1. The number of nitrogens with one attached hydrogen (secondary N) is 1. The van der Waals surface area contributed by atoms with E-state index in [0.717, 1.165) is 6.42 Å². The minimum Gasteiger partial charge on any atom is -0.477 e. The van der Waals surface area contributed by atoms with Crippen LogP contribution in [-0.2, 0) is 16.4 Å². The molecule has 0 spiro atoms. The monoisotopic (exact) mass is 512 g/mol. The van der Waals surface area contributed by atoms with Gasteiger partial charge in [0.25, 0.3) is 15.9 Å². The van der Waals surface area contributed by atoms with Gasteiger partial charge in [0, 0.05) is 30.8 Å². The average Bonchev–Trinajstić information content (AvgIpc) is 3.12. The maximum absolute atomic E-state index is 13.8. The van der Waals surface area contributed by atoms with Crippen LogP contribution >= 0.6 is 0 Å². The molecule has 1 amide bonds. The number of benzene rings is 1. The number of nitrogens with zero attached hydrogens (tertiary/aromatic N) is 3. The lowest BCUT2D eigenvalue weighted by atomic mass is 9.97. The highest BCUT2D eigenvalue weighted by Crippen LogP contribution is 2.37. The molecule has 0 aliphatic carbocycles. The van der Waals surface area contributed by atoms with Gasteiger partial charge in [-0.3, -0.25) is 4.79 Å². The van der Waals surface area contributed by atoms with Crippen molar-refractivity contribution in [2.45, 2.75) is 44.2 Å². The molecule has 1 N–H and O–H groups in total. The molecule has 0 saturated carbocycles. The quantitative estimate of drug-likeness (QED) is 0.487. The molecule has 3 heterocycles. The van der Waals surface area contributed by atoms with Gasteiger partial charge in [-0.2, -0.15) is 13.4 Å². The number of aromatic nitrogens is 2. The number of sulfonamides is 1. The first-order valence-electron chi connectivity index (χ1n) is 11.7. The van der Waals surface area contributed by atoms with E-state index in [2.05, 4.69) is 35.5 Å². The van der Waals surface area contributed by atoms with Crippen molar-refractivity contribution in [3.63, 3.8) is 0 Å². The zero-order valence-electron chi connectivity index (χ0n) is 20.4. The summed E-state index contributed by atoms with van der Waals surface area (Å²) in [5.41, 5.74) is 0.425. The number of rotatable bonds is 8. The van der Waals surface area contributed by atoms with Crippen LogP contribution in [0.2, 0.25) is 0 Å². The molecule has 4 rings (SSSR count). The second kappa shape index (κ2) is 10.2. The van der Waals surface area contributed by atoms with Crippen molar-refractivity contribution in [3.05, 3.63) is 77.7 Å². The van der Waals surface area contributed by atoms with Gasteiger partial charge in [0.1, 0.15) is 11.6 Å². The molecule has 36 heavy (non-hydrogen) atoms. The van der Waals surface area contributed by atoms with E-state index < -0.39 is 15.9 Å². The SMILES string of the molecule is CC1CN(c2ncccc2C(=O)NS(=O)(=O)c2cccc(OCCc3ccccc3F)n2)C(C)(C)C1. The van der Waals surface area contributed by atoms with E-state index in [0.29, 0.717) is 23.8 Å². The Labute approximate surface area is 210 Å². The molecule has 2 aromatic heterocycles. The second-order valence-corrected chi connectivity index (χ2v) is 11.2. The molecule has 1 saturated heterocycles. The number of hydrogen-bond acceptors (Lipinski definition) is 7. The minimum atomic E-state index is -4.29. The largest absolute Gasteiger partial charge is 0.477 e. The number of halogens is 1. The van der Waals surface area contributed by atoms with Crippen molar-refractivity contribution in [2.75, 3.05) is 18.1 Å². The van der Waals surface area contributed by atoms with E-state index in [1.165, 1.54) is 24.3 Å². The maximum atomic E-state index is 13.8. The topological polar surface area (TPSA) is 101 Å². The molecule has 0 bridgehead atoms. The van der Waals surface area contributed by atoms with Crippen molar-refractivity contribution in [1.82, 2.24) is 14.7 Å². The predicted molar refractivity (Wildman–Crippen MR) is 134 cm³/mol. The summed E-state index contributed by atoms with van der Waals surface area (Å²) in [5.74, 6) is -0.225. The molecule has 1 aromatic carbocycles. The first-order valence-corrected chi connectivity index (χ1v) is 13.2. The Morgan fingerprint density at radius 2 is 1.94 bits per heavy atom. The molecular formula is C26H29FN4O4S. The Balaban J connectivity index is 1.48. The number of carbonyl (C=O) groups is 1. The van der Waals surface area contributed by atoms with Crippen LogP contribution in [0.25, 0.3) is 0 Å². The molecule has 1 aliphatic heterocycles. The third-order valence-electron chi connectivity index (χ3n) is 6.14. The number of carbonyl (C=O) groups excluding carboxylic acids is 1. The maximum Gasteiger partial charge on any atom is 0.281 e. The average molecular weight is 513 g/mol. The highest BCUT2D eigenvalue weighted by Gasteiger charge is 2.39. The summed E-state index contributed by atoms with van der Waals surface area (Å²) in [7, 11) is -4.29. The molecule has 1 atom stereocenters. The highest BCUT2D eigenvalue weighted by molar-refractivity contribution is 7.90. The standard InChI is InChI=1S/C26H29FN4O4S/c1-18-16-26(2,3)31(17-18)24-20(9-7-14-28-24)25(32)30-36(33,34)23-12-6-11-22(29-23)35-15-13-19-8-4-5-10-21(19)27/h4-12,14,18H,13,15-17H2,1-3H3,(H,30,32). The Morgan fingerprint density at radius 1 is 1.17 bits per heavy atom. The minimum absolute atomic E-state index is 0.0523. The molecule has 1 fully saturated rings. The van der Waals surface area contributed by atoms with Crippen LogP contribution in [0.5, 0.6) is 5.88 Å². The van der Waals surface area contributed by atoms with Gasteiger partial charge >= 0.3 is 0 Å². The summed E-state index contributed by atoms with van der Waals surface area (Å²) in [5, 5.41) is -0.361. The van der Waals surface area contributed by atoms with Crippen molar-refractivity contribution in [3.8, 4) is 5.88 Å². The Bertz CT molecular complexity index is 1360. The molecule has 1 unspecified atom stereocenters. The van der Waals surface area contributed by atoms with E-state index in [9.17, 15) is 17.6 Å². The summed E-state index contributed by atoms with van der Waals surface area (Å²) >= 11 is 0. The number of amides is 1. The van der Waals surface area contributed by atoms with Crippen LogP contribution in [0.3, 0.4) is 0 Å². The van der Waals surface area contributed by atoms with Gasteiger partial charge in [-0.25, -0.2) is 14.1 Å². The first-order chi connectivity index (χ1) is 17.1.